The van der Waals surface area contributed by atoms with E-state index in [4.69, 9.17) is 0 Å². The molecule has 1 saturated heterocycles. The third kappa shape index (κ3) is 4.27. The summed E-state index contributed by atoms with van der Waals surface area (Å²) in [5, 5.41) is 0. The van der Waals surface area contributed by atoms with E-state index in [-0.39, 0.29) is 11.9 Å². The van der Waals surface area contributed by atoms with Gasteiger partial charge in [0.25, 0.3) is 0 Å². The van der Waals surface area contributed by atoms with Crippen LogP contribution < -0.4 is 0 Å². The predicted octanol–water partition coefficient (Wildman–Crippen LogP) is 3.17. The SMILES string of the molecule is CC(C)N1CCC(CC(=O)N(C)C(C)c2cncs2)CC1. The van der Waals surface area contributed by atoms with Crippen LogP contribution in [0.4, 0.5) is 0 Å². The van der Waals surface area contributed by atoms with Crippen molar-refractivity contribution >= 4 is 17.2 Å². The van der Waals surface area contributed by atoms with Gasteiger partial charge in [-0.3, -0.25) is 9.78 Å². The molecule has 1 aromatic rings. The first-order valence-corrected chi connectivity index (χ1v) is 8.75. The number of likely N-dealkylation sites (tertiary alicyclic amines) is 1. The summed E-state index contributed by atoms with van der Waals surface area (Å²) in [5.74, 6) is 0.808. The van der Waals surface area contributed by atoms with E-state index in [0.29, 0.717) is 18.4 Å². The number of thiazole rings is 1. The largest absolute Gasteiger partial charge is 0.338 e. The normalized spacial score (nSPS) is 18.9. The van der Waals surface area contributed by atoms with E-state index in [1.54, 1.807) is 11.3 Å². The van der Waals surface area contributed by atoms with Crippen molar-refractivity contribution in [2.24, 2.45) is 5.92 Å². The summed E-state index contributed by atoms with van der Waals surface area (Å²) in [6.07, 6.45) is 4.84. The maximum Gasteiger partial charge on any atom is 0.223 e. The molecule has 1 unspecified atom stereocenters. The molecule has 4 nitrogen and oxygen atoms in total. The van der Waals surface area contributed by atoms with Crippen LogP contribution in [-0.2, 0) is 4.79 Å². The zero-order valence-corrected chi connectivity index (χ0v) is 14.4. The van der Waals surface area contributed by atoms with E-state index in [2.05, 4.69) is 30.7 Å². The van der Waals surface area contributed by atoms with Gasteiger partial charge < -0.3 is 9.80 Å². The van der Waals surface area contributed by atoms with E-state index >= 15 is 0 Å². The van der Waals surface area contributed by atoms with Crippen LogP contribution in [0.1, 0.15) is 51.0 Å². The molecule has 1 amide bonds. The molecular weight excluding hydrogens is 282 g/mol. The van der Waals surface area contributed by atoms with Gasteiger partial charge in [0.2, 0.25) is 5.91 Å². The van der Waals surface area contributed by atoms with Crippen LogP contribution in [0.5, 0.6) is 0 Å². The predicted molar refractivity (Wildman–Crippen MR) is 87.3 cm³/mol. The smallest absolute Gasteiger partial charge is 0.223 e. The van der Waals surface area contributed by atoms with Gasteiger partial charge in [0.05, 0.1) is 11.6 Å². The summed E-state index contributed by atoms with van der Waals surface area (Å²) in [7, 11) is 1.91. The highest BCUT2D eigenvalue weighted by atomic mass is 32.1. The lowest BCUT2D eigenvalue weighted by molar-refractivity contribution is -0.133. The highest BCUT2D eigenvalue weighted by Crippen LogP contribution is 2.26. The first-order chi connectivity index (χ1) is 9.99. The molecular formula is C16H27N3OS. The van der Waals surface area contributed by atoms with Crippen molar-refractivity contribution in [1.82, 2.24) is 14.8 Å². The van der Waals surface area contributed by atoms with Gasteiger partial charge in [-0.2, -0.15) is 0 Å². The summed E-state index contributed by atoms with van der Waals surface area (Å²) in [6, 6.07) is 0.747. The Labute approximate surface area is 132 Å². The average Bonchev–Trinajstić information content (AvgIpc) is 3.00. The Kier molecular flexibility index (Phi) is 5.76. The number of hydrogen-bond donors (Lipinski definition) is 0. The van der Waals surface area contributed by atoms with E-state index in [9.17, 15) is 4.79 Å². The average molecular weight is 309 g/mol. The first-order valence-electron chi connectivity index (χ1n) is 7.87. The molecule has 1 aromatic heterocycles. The molecule has 0 N–H and O–H groups in total. The molecule has 0 radical (unpaired) electrons. The number of amides is 1. The Hall–Kier alpha value is -0.940. The summed E-state index contributed by atoms with van der Waals surface area (Å²) in [5.41, 5.74) is 1.83. The third-order valence-electron chi connectivity index (χ3n) is 4.68. The van der Waals surface area contributed by atoms with E-state index in [1.165, 1.54) is 0 Å². The van der Waals surface area contributed by atoms with Gasteiger partial charge in [0, 0.05) is 30.6 Å². The van der Waals surface area contributed by atoms with Crippen molar-refractivity contribution in [3.8, 4) is 0 Å². The molecule has 1 fully saturated rings. The number of rotatable bonds is 5. The second-order valence-corrected chi connectivity index (χ2v) is 7.28. The lowest BCUT2D eigenvalue weighted by Gasteiger charge is -2.35. The van der Waals surface area contributed by atoms with Crippen LogP contribution in [0.2, 0.25) is 0 Å². The summed E-state index contributed by atoms with van der Waals surface area (Å²) in [4.78, 5) is 22.1. The van der Waals surface area contributed by atoms with Crippen molar-refractivity contribution in [1.29, 1.82) is 0 Å². The Bertz CT molecular complexity index is 438. The molecule has 1 aliphatic rings. The van der Waals surface area contributed by atoms with Crippen molar-refractivity contribution < 1.29 is 4.79 Å². The maximum absolute atomic E-state index is 12.5. The molecule has 1 atom stereocenters. The van der Waals surface area contributed by atoms with Crippen molar-refractivity contribution in [2.75, 3.05) is 20.1 Å². The van der Waals surface area contributed by atoms with Crippen molar-refractivity contribution in [3.63, 3.8) is 0 Å². The van der Waals surface area contributed by atoms with Crippen LogP contribution in [-0.4, -0.2) is 46.9 Å². The zero-order valence-electron chi connectivity index (χ0n) is 13.6. The number of aromatic nitrogens is 1. The fourth-order valence-corrected chi connectivity index (χ4v) is 3.62. The maximum atomic E-state index is 12.5. The van der Waals surface area contributed by atoms with Crippen molar-refractivity contribution in [3.05, 3.63) is 16.6 Å². The molecule has 2 heterocycles. The summed E-state index contributed by atoms with van der Waals surface area (Å²) < 4.78 is 0. The Morgan fingerprint density at radius 1 is 1.43 bits per heavy atom. The van der Waals surface area contributed by atoms with E-state index in [1.807, 2.05) is 23.7 Å². The molecule has 0 bridgehead atoms. The van der Waals surface area contributed by atoms with Gasteiger partial charge in [-0.1, -0.05) is 0 Å². The number of carbonyl (C=O) groups is 1. The van der Waals surface area contributed by atoms with E-state index < -0.39 is 0 Å². The van der Waals surface area contributed by atoms with Gasteiger partial charge in [0.1, 0.15) is 0 Å². The lowest BCUT2D eigenvalue weighted by Crippen LogP contribution is -2.40. The molecule has 2 rings (SSSR count). The van der Waals surface area contributed by atoms with Gasteiger partial charge in [0.15, 0.2) is 0 Å². The Balaban J connectivity index is 1.82. The zero-order chi connectivity index (χ0) is 15.4. The molecule has 0 spiro atoms. The highest BCUT2D eigenvalue weighted by molar-refractivity contribution is 7.09. The molecule has 5 heteroatoms. The van der Waals surface area contributed by atoms with Gasteiger partial charge in [-0.25, -0.2) is 0 Å². The number of nitrogens with zero attached hydrogens (tertiary/aromatic N) is 3. The fourth-order valence-electron chi connectivity index (χ4n) is 2.90. The Morgan fingerprint density at radius 2 is 2.10 bits per heavy atom. The molecule has 0 aliphatic carbocycles. The van der Waals surface area contributed by atoms with Gasteiger partial charge >= 0.3 is 0 Å². The van der Waals surface area contributed by atoms with Gasteiger partial charge in [-0.15, -0.1) is 11.3 Å². The third-order valence-corrected chi connectivity index (χ3v) is 5.63. The fraction of sp³-hybridized carbons (Fsp3) is 0.750. The number of piperidine rings is 1. The molecule has 1 aliphatic heterocycles. The minimum atomic E-state index is 0.126. The number of hydrogen-bond acceptors (Lipinski definition) is 4. The van der Waals surface area contributed by atoms with Crippen LogP contribution in [0.3, 0.4) is 0 Å². The minimum Gasteiger partial charge on any atom is -0.338 e. The Morgan fingerprint density at radius 3 is 2.62 bits per heavy atom. The monoisotopic (exact) mass is 309 g/mol. The topological polar surface area (TPSA) is 36.4 Å². The molecule has 21 heavy (non-hydrogen) atoms. The molecule has 0 saturated carbocycles. The lowest BCUT2D eigenvalue weighted by atomic mass is 9.92. The van der Waals surface area contributed by atoms with Gasteiger partial charge in [-0.05, 0) is 52.6 Å². The molecule has 0 aromatic carbocycles. The molecule has 118 valence electrons. The van der Waals surface area contributed by atoms with Crippen LogP contribution in [0.15, 0.2) is 11.7 Å². The second kappa shape index (κ2) is 7.36. The van der Waals surface area contributed by atoms with Crippen LogP contribution in [0.25, 0.3) is 0 Å². The standard InChI is InChI=1S/C16H27N3OS/c1-12(2)19-7-5-14(6-8-19)9-16(20)18(4)13(3)15-10-17-11-21-15/h10-14H,5-9H2,1-4H3. The quantitative estimate of drug-likeness (QED) is 0.838. The summed E-state index contributed by atoms with van der Waals surface area (Å²) in [6.45, 7) is 8.83. The van der Waals surface area contributed by atoms with Crippen LogP contribution in [0, 0.1) is 5.92 Å². The summed E-state index contributed by atoms with van der Waals surface area (Å²) >= 11 is 1.61. The van der Waals surface area contributed by atoms with Crippen molar-refractivity contribution in [2.45, 2.75) is 52.1 Å². The number of carbonyl (C=O) groups excluding carboxylic acids is 1. The highest BCUT2D eigenvalue weighted by Gasteiger charge is 2.25. The second-order valence-electron chi connectivity index (χ2n) is 6.36. The van der Waals surface area contributed by atoms with E-state index in [0.717, 1.165) is 30.8 Å². The minimum absolute atomic E-state index is 0.126. The first kappa shape index (κ1) is 16.4. The van der Waals surface area contributed by atoms with Crippen LogP contribution >= 0.6 is 11.3 Å².